The van der Waals surface area contributed by atoms with Crippen LogP contribution in [0, 0.1) is 5.92 Å². The first kappa shape index (κ1) is 13.9. The van der Waals surface area contributed by atoms with Crippen LogP contribution in [-0.2, 0) is 6.42 Å². The molecule has 2 nitrogen and oxygen atoms in total. The van der Waals surface area contributed by atoms with Crippen LogP contribution < -0.4 is 4.74 Å². The van der Waals surface area contributed by atoms with Crippen LogP contribution >= 0.6 is 0 Å². The van der Waals surface area contributed by atoms with E-state index in [1.165, 1.54) is 31.2 Å². The fourth-order valence-corrected chi connectivity index (χ4v) is 1.95. The van der Waals surface area contributed by atoms with Crippen LogP contribution in [0.5, 0.6) is 11.5 Å². The van der Waals surface area contributed by atoms with Crippen molar-refractivity contribution in [3.05, 3.63) is 23.8 Å². The van der Waals surface area contributed by atoms with Gasteiger partial charge in [-0.25, -0.2) is 0 Å². The van der Waals surface area contributed by atoms with E-state index in [0.717, 1.165) is 12.3 Å². The number of rotatable bonds is 7. The van der Waals surface area contributed by atoms with Gasteiger partial charge >= 0.3 is 0 Å². The van der Waals surface area contributed by atoms with Gasteiger partial charge in [0, 0.05) is 0 Å². The summed E-state index contributed by atoms with van der Waals surface area (Å²) in [6.45, 7) is 4.53. The lowest BCUT2D eigenvalue weighted by Crippen LogP contribution is -1.90. The molecule has 2 heteroatoms. The van der Waals surface area contributed by atoms with E-state index in [1.807, 2.05) is 12.1 Å². The van der Waals surface area contributed by atoms with Crippen LogP contribution in [0.15, 0.2) is 18.2 Å². The maximum absolute atomic E-state index is 9.64. The molecule has 0 amide bonds. The van der Waals surface area contributed by atoms with Crippen molar-refractivity contribution in [1.82, 2.24) is 0 Å². The molecule has 1 aromatic carbocycles. The Labute approximate surface area is 105 Å². The fraction of sp³-hybridized carbons (Fsp3) is 0.600. The van der Waals surface area contributed by atoms with Gasteiger partial charge in [-0.15, -0.1) is 0 Å². The van der Waals surface area contributed by atoms with Gasteiger partial charge in [0.25, 0.3) is 0 Å². The summed E-state index contributed by atoms with van der Waals surface area (Å²) in [4.78, 5) is 0. The molecule has 0 atom stereocenters. The highest BCUT2D eigenvalue weighted by atomic mass is 16.5. The van der Waals surface area contributed by atoms with Crippen LogP contribution in [0.25, 0.3) is 0 Å². The van der Waals surface area contributed by atoms with Gasteiger partial charge in [0.2, 0.25) is 0 Å². The van der Waals surface area contributed by atoms with E-state index in [9.17, 15) is 5.11 Å². The van der Waals surface area contributed by atoms with Gasteiger partial charge in [0.15, 0.2) is 11.5 Å². The van der Waals surface area contributed by atoms with Crippen molar-refractivity contribution in [1.29, 1.82) is 0 Å². The van der Waals surface area contributed by atoms with Crippen molar-refractivity contribution in [2.24, 2.45) is 5.92 Å². The number of methoxy groups -OCH3 is 1. The van der Waals surface area contributed by atoms with Crippen molar-refractivity contribution in [3.8, 4) is 11.5 Å². The minimum Gasteiger partial charge on any atom is -0.504 e. The number of ether oxygens (including phenoxy) is 1. The van der Waals surface area contributed by atoms with Gasteiger partial charge in [-0.05, 0) is 36.5 Å². The van der Waals surface area contributed by atoms with E-state index in [4.69, 9.17) is 4.74 Å². The zero-order valence-corrected chi connectivity index (χ0v) is 11.2. The van der Waals surface area contributed by atoms with E-state index in [0.29, 0.717) is 5.75 Å². The fourth-order valence-electron chi connectivity index (χ4n) is 1.95. The Hall–Kier alpha value is -1.18. The number of hydrogen-bond acceptors (Lipinski definition) is 2. The first-order chi connectivity index (χ1) is 8.13. The molecule has 0 aliphatic rings. The van der Waals surface area contributed by atoms with Crippen molar-refractivity contribution in [2.45, 2.75) is 46.0 Å². The summed E-state index contributed by atoms with van der Waals surface area (Å²) >= 11 is 0. The lowest BCUT2D eigenvalue weighted by molar-refractivity contribution is 0.373. The molecule has 0 heterocycles. The molecule has 1 aromatic rings. The summed E-state index contributed by atoms with van der Waals surface area (Å²) in [5.74, 6) is 1.60. The Kier molecular flexibility index (Phi) is 5.88. The number of unbranched alkanes of at least 4 members (excludes halogenated alkanes) is 2. The second-order valence-corrected chi connectivity index (χ2v) is 5.00. The van der Waals surface area contributed by atoms with Gasteiger partial charge in [0.05, 0.1) is 7.11 Å². The highest BCUT2D eigenvalue weighted by molar-refractivity contribution is 5.41. The molecule has 1 rings (SSSR count). The van der Waals surface area contributed by atoms with Crippen molar-refractivity contribution < 1.29 is 9.84 Å². The molecule has 0 aliphatic heterocycles. The molecule has 0 unspecified atom stereocenters. The third-order valence-electron chi connectivity index (χ3n) is 2.99. The number of hydrogen-bond donors (Lipinski definition) is 1. The molecule has 1 N–H and O–H groups in total. The van der Waals surface area contributed by atoms with E-state index in [2.05, 4.69) is 13.8 Å². The summed E-state index contributed by atoms with van der Waals surface area (Å²) in [7, 11) is 1.57. The molecule has 17 heavy (non-hydrogen) atoms. The van der Waals surface area contributed by atoms with Crippen LogP contribution in [0.2, 0.25) is 0 Å². The van der Waals surface area contributed by atoms with Gasteiger partial charge in [-0.1, -0.05) is 39.2 Å². The van der Waals surface area contributed by atoms with Gasteiger partial charge in [-0.2, -0.15) is 0 Å². The molecular formula is C15H24O2. The maximum Gasteiger partial charge on any atom is 0.160 e. The third kappa shape index (κ3) is 5.12. The molecule has 0 spiro atoms. The third-order valence-corrected chi connectivity index (χ3v) is 2.99. The van der Waals surface area contributed by atoms with Crippen LogP contribution in [0.1, 0.15) is 45.1 Å². The highest BCUT2D eigenvalue weighted by Gasteiger charge is 2.02. The Morgan fingerprint density at radius 1 is 1.18 bits per heavy atom. The predicted molar refractivity (Wildman–Crippen MR) is 71.7 cm³/mol. The molecule has 0 aromatic heterocycles. The predicted octanol–water partition coefficient (Wildman–Crippen LogP) is 4.16. The average molecular weight is 236 g/mol. The quantitative estimate of drug-likeness (QED) is 0.720. The van der Waals surface area contributed by atoms with Gasteiger partial charge < -0.3 is 9.84 Å². The first-order valence-electron chi connectivity index (χ1n) is 6.49. The molecule has 96 valence electrons. The minimum atomic E-state index is 0.243. The SMILES string of the molecule is COc1ccc(CCCCCC(C)C)cc1O. The molecule has 0 fully saturated rings. The number of phenols is 1. The van der Waals surface area contributed by atoms with Crippen LogP contribution in [-0.4, -0.2) is 12.2 Å². The topological polar surface area (TPSA) is 29.5 Å². The molecule has 0 saturated carbocycles. The van der Waals surface area contributed by atoms with E-state index >= 15 is 0 Å². The zero-order valence-electron chi connectivity index (χ0n) is 11.2. The van der Waals surface area contributed by atoms with Crippen molar-refractivity contribution in [3.63, 3.8) is 0 Å². The molecule has 0 bridgehead atoms. The molecule has 0 aliphatic carbocycles. The van der Waals surface area contributed by atoms with E-state index < -0.39 is 0 Å². The summed E-state index contributed by atoms with van der Waals surface area (Å²) < 4.78 is 5.02. The normalized spacial score (nSPS) is 10.8. The van der Waals surface area contributed by atoms with Crippen molar-refractivity contribution >= 4 is 0 Å². The van der Waals surface area contributed by atoms with Gasteiger partial charge in [0.1, 0.15) is 0 Å². The average Bonchev–Trinajstić information content (AvgIpc) is 2.28. The minimum absolute atomic E-state index is 0.243. The lowest BCUT2D eigenvalue weighted by atomic mass is 10.0. The second kappa shape index (κ2) is 7.21. The summed E-state index contributed by atoms with van der Waals surface area (Å²) in [6, 6.07) is 5.67. The largest absolute Gasteiger partial charge is 0.504 e. The van der Waals surface area contributed by atoms with Crippen LogP contribution in [0.4, 0.5) is 0 Å². The lowest BCUT2D eigenvalue weighted by Gasteiger charge is -2.07. The number of benzene rings is 1. The maximum atomic E-state index is 9.64. The van der Waals surface area contributed by atoms with Crippen molar-refractivity contribution in [2.75, 3.05) is 7.11 Å². The van der Waals surface area contributed by atoms with Gasteiger partial charge in [-0.3, -0.25) is 0 Å². The summed E-state index contributed by atoms with van der Waals surface area (Å²) in [5, 5.41) is 9.64. The molecule has 0 radical (unpaired) electrons. The molecular weight excluding hydrogens is 212 g/mol. The smallest absolute Gasteiger partial charge is 0.160 e. The van der Waals surface area contributed by atoms with E-state index in [-0.39, 0.29) is 5.75 Å². The summed E-state index contributed by atoms with van der Waals surface area (Å²) in [6.07, 6.45) is 6.12. The zero-order chi connectivity index (χ0) is 12.7. The Balaban J connectivity index is 2.30. The monoisotopic (exact) mass is 236 g/mol. The van der Waals surface area contributed by atoms with Crippen LogP contribution in [0.3, 0.4) is 0 Å². The number of phenolic OH excluding ortho intramolecular Hbond substituents is 1. The second-order valence-electron chi connectivity index (χ2n) is 5.00. The highest BCUT2D eigenvalue weighted by Crippen LogP contribution is 2.26. The van der Waals surface area contributed by atoms with E-state index in [1.54, 1.807) is 13.2 Å². The first-order valence-corrected chi connectivity index (χ1v) is 6.49. The number of aromatic hydroxyl groups is 1. The number of aryl methyl sites for hydroxylation is 1. The molecule has 0 saturated heterocycles. The Morgan fingerprint density at radius 2 is 1.94 bits per heavy atom. The Morgan fingerprint density at radius 3 is 2.53 bits per heavy atom. The summed E-state index contributed by atoms with van der Waals surface area (Å²) in [5.41, 5.74) is 1.19. The Bertz CT molecular complexity index is 332. The standard InChI is InChI=1S/C15H24O2/c1-12(2)7-5-4-6-8-13-9-10-15(17-3)14(16)11-13/h9-12,16H,4-8H2,1-3H3.